The molecule has 1 fully saturated rings. The number of nitrogens with two attached hydrogens (primary N) is 1. The summed E-state index contributed by atoms with van der Waals surface area (Å²) < 4.78 is 0. The van der Waals surface area contributed by atoms with Gasteiger partial charge in [-0.3, -0.25) is 4.79 Å². The van der Waals surface area contributed by atoms with E-state index in [-0.39, 0.29) is 5.91 Å². The van der Waals surface area contributed by atoms with Gasteiger partial charge in [-0.25, -0.2) is 0 Å². The summed E-state index contributed by atoms with van der Waals surface area (Å²) in [5, 5.41) is 0. The van der Waals surface area contributed by atoms with Gasteiger partial charge in [-0.1, -0.05) is 6.92 Å². The van der Waals surface area contributed by atoms with Crippen LogP contribution in [0.1, 0.15) is 32.6 Å². The van der Waals surface area contributed by atoms with E-state index in [2.05, 4.69) is 0 Å². The topological polar surface area (TPSA) is 46.3 Å². The van der Waals surface area contributed by atoms with Crippen LogP contribution in [0.4, 0.5) is 0 Å². The van der Waals surface area contributed by atoms with Gasteiger partial charge in [0, 0.05) is 25.6 Å². The molecule has 0 spiro atoms. The quantitative estimate of drug-likeness (QED) is 0.679. The van der Waals surface area contributed by atoms with E-state index in [9.17, 15) is 4.79 Å². The second-order valence-electron chi connectivity index (χ2n) is 3.37. The van der Waals surface area contributed by atoms with Gasteiger partial charge in [0.25, 0.3) is 0 Å². The lowest BCUT2D eigenvalue weighted by molar-refractivity contribution is -0.131. The van der Waals surface area contributed by atoms with Crippen molar-refractivity contribution in [1.29, 1.82) is 0 Å². The molecule has 0 saturated carbocycles. The zero-order valence-corrected chi connectivity index (χ0v) is 7.75. The summed E-state index contributed by atoms with van der Waals surface area (Å²) in [6.07, 6.45) is 3.83. The molecule has 1 aliphatic heterocycles. The fraction of sp³-hybridized carbons (Fsp3) is 0.889. The van der Waals surface area contributed by atoms with Crippen molar-refractivity contribution in [2.24, 2.45) is 5.73 Å². The molecule has 3 nitrogen and oxygen atoms in total. The Morgan fingerprint density at radius 2 is 2.42 bits per heavy atom. The average molecular weight is 170 g/mol. The molecule has 1 atom stereocenters. The van der Waals surface area contributed by atoms with E-state index in [1.165, 1.54) is 0 Å². The van der Waals surface area contributed by atoms with Crippen molar-refractivity contribution in [2.45, 2.75) is 38.6 Å². The van der Waals surface area contributed by atoms with Crippen molar-refractivity contribution in [1.82, 2.24) is 4.90 Å². The summed E-state index contributed by atoms with van der Waals surface area (Å²) in [5.74, 6) is 0.283. The average Bonchev–Trinajstić information content (AvgIpc) is 2.51. The van der Waals surface area contributed by atoms with Gasteiger partial charge in [-0.2, -0.15) is 0 Å². The van der Waals surface area contributed by atoms with Crippen LogP contribution in [0.2, 0.25) is 0 Å². The van der Waals surface area contributed by atoms with Crippen LogP contribution in [-0.4, -0.2) is 29.9 Å². The van der Waals surface area contributed by atoms with Crippen LogP contribution in [0, 0.1) is 0 Å². The van der Waals surface area contributed by atoms with Gasteiger partial charge in [-0.05, 0) is 19.3 Å². The fourth-order valence-corrected chi connectivity index (χ4v) is 1.77. The lowest BCUT2D eigenvalue weighted by Gasteiger charge is -2.23. The molecule has 0 unspecified atom stereocenters. The highest BCUT2D eigenvalue weighted by Gasteiger charge is 2.26. The molecule has 0 radical (unpaired) electrons. The molecule has 0 aromatic carbocycles. The Morgan fingerprint density at radius 3 is 3.00 bits per heavy atom. The molecule has 1 rings (SSSR count). The first-order valence-electron chi connectivity index (χ1n) is 4.79. The normalized spacial score (nSPS) is 23.2. The van der Waals surface area contributed by atoms with E-state index in [1.807, 2.05) is 11.8 Å². The molecule has 1 heterocycles. The highest BCUT2D eigenvalue weighted by atomic mass is 16.2. The Morgan fingerprint density at radius 1 is 1.67 bits per heavy atom. The highest BCUT2D eigenvalue weighted by Crippen LogP contribution is 2.17. The van der Waals surface area contributed by atoms with Crippen molar-refractivity contribution in [2.75, 3.05) is 13.1 Å². The first-order valence-corrected chi connectivity index (χ1v) is 4.79. The molecule has 0 aromatic heterocycles. The van der Waals surface area contributed by atoms with Crippen LogP contribution in [0.5, 0.6) is 0 Å². The fourth-order valence-electron chi connectivity index (χ4n) is 1.77. The minimum absolute atomic E-state index is 0.283. The van der Waals surface area contributed by atoms with E-state index in [0.717, 1.165) is 25.8 Å². The number of carbonyl (C=O) groups excluding carboxylic acids is 1. The van der Waals surface area contributed by atoms with Crippen molar-refractivity contribution in [3.05, 3.63) is 0 Å². The Balaban J connectivity index is 2.43. The predicted octanol–water partition coefficient (Wildman–Crippen LogP) is 0.736. The van der Waals surface area contributed by atoms with Crippen molar-refractivity contribution in [3.63, 3.8) is 0 Å². The Labute approximate surface area is 73.9 Å². The highest BCUT2D eigenvalue weighted by molar-refractivity contribution is 5.76. The SMILES string of the molecule is CCCC(=O)N1CCC[C@H]1CN. The van der Waals surface area contributed by atoms with Gasteiger partial charge >= 0.3 is 0 Å². The Bertz CT molecular complexity index is 159. The summed E-state index contributed by atoms with van der Waals surface area (Å²) in [4.78, 5) is 13.4. The third-order valence-corrected chi connectivity index (χ3v) is 2.43. The molecule has 0 aromatic rings. The first kappa shape index (κ1) is 9.52. The van der Waals surface area contributed by atoms with Gasteiger partial charge in [0.2, 0.25) is 5.91 Å². The van der Waals surface area contributed by atoms with E-state index in [4.69, 9.17) is 5.73 Å². The monoisotopic (exact) mass is 170 g/mol. The van der Waals surface area contributed by atoms with Crippen molar-refractivity contribution >= 4 is 5.91 Å². The maximum absolute atomic E-state index is 11.5. The molecule has 0 bridgehead atoms. The van der Waals surface area contributed by atoms with E-state index < -0.39 is 0 Å². The molecule has 2 N–H and O–H groups in total. The number of nitrogens with zero attached hydrogens (tertiary/aromatic N) is 1. The number of hydrogen-bond donors (Lipinski definition) is 1. The number of amides is 1. The van der Waals surface area contributed by atoms with Gasteiger partial charge in [0.05, 0.1) is 0 Å². The summed E-state index contributed by atoms with van der Waals surface area (Å²) in [5.41, 5.74) is 5.56. The summed E-state index contributed by atoms with van der Waals surface area (Å²) >= 11 is 0. The number of rotatable bonds is 3. The second-order valence-corrected chi connectivity index (χ2v) is 3.37. The number of carbonyl (C=O) groups is 1. The number of likely N-dealkylation sites (tertiary alicyclic amines) is 1. The second kappa shape index (κ2) is 4.45. The van der Waals surface area contributed by atoms with Crippen LogP contribution in [0.15, 0.2) is 0 Å². The lowest BCUT2D eigenvalue weighted by atomic mass is 10.2. The maximum atomic E-state index is 11.5. The van der Waals surface area contributed by atoms with Gasteiger partial charge in [0.1, 0.15) is 0 Å². The summed E-state index contributed by atoms with van der Waals surface area (Å²) in [7, 11) is 0. The van der Waals surface area contributed by atoms with Gasteiger partial charge in [0.15, 0.2) is 0 Å². The summed E-state index contributed by atoms with van der Waals surface area (Å²) in [6, 6.07) is 0.323. The molecule has 0 aliphatic carbocycles. The third-order valence-electron chi connectivity index (χ3n) is 2.43. The third kappa shape index (κ3) is 1.97. The zero-order valence-electron chi connectivity index (χ0n) is 7.75. The molecule has 70 valence electrons. The van der Waals surface area contributed by atoms with E-state index in [1.54, 1.807) is 0 Å². The van der Waals surface area contributed by atoms with Crippen LogP contribution < -0.4 is 5.73 Å². The van der Waals surface area contributed by atoms with Crippen LogP contribution in [0.25, 0.3) is 0 Å². The van der Waals surface area contributed by atoms with Crippen LogP contribution in [0.3, 0.4) is 0 Å². The maximum Gasteiger partial charge on any atom is 0.222 e. The number of hydrogen-bond acceptors (Lipinski definition) is 2. The minimum Gasteiger partial charge on any atom is -0.338 e. The first-order chi connectivity index (χ1) is 5.79. The zero-order chi connectivity index (χ0) is 8.97. The predicted molar refractivity (Wildman–Crippen MR) is 48.7 cm³/mol. The summed E-state index contributed by atoms with van der Waals surface area (Å²) in [6.45, 7) is 3.57. The van der Waals surface area contributed by atoms with Gasteiger partial charge < -0.3 is 10.6 Å². The van der Waals surface area contributed by atoms with Crippen LogP contribution >= 0.6 is 0 Å². The van der Waals surface area contributed by atoms with Crippen molar-refractivity contribution in [3.8, 4) is 0 Å². The minimum atomic E-state index is 0.283. The van der Waals surface area contributed by atoms with Gasteiger partial charge in [-0.15, -0.1) is 0 Å². The molecular weight excluding hydrogens is 152 g/mol. The Hall–Kier alpha value is -0.570. The largest absolute Gasteiger partial charge is 0.338 e. The molecule has 12 heavy (non-hydrogen) atoms. The van der Waals surface area contributed by atoms with E-state index in [0.29, 0.717) is 19.0 Å². The standard InChI is InChI=1S/C9H18N2O/c1-2-4-9(12)11-6-3-5-8(11)7-10/h8H,2-7,10H2,1H3/t8-/m0/s1. The van der Waals surface area contributed by atoms with E-state index >= 15 is 0 Å². The van der Waals surface area contributed by atoms with Crippen LogP contribution in [-0.2, 0) is 4.79 Å². The molecule has 1 saturated heterocycles. The lowest BCUT2D eigenvalue weighted by Crippen LogP contribution is -2.39. The van der Waals surface area contributed by atoms with Crippen molar-refractivity contribution < 1.29 is 4.79 Å². The molecular formula is C9H18N2O. The molecule has 1 amide bonds. The smallest absolute Gasteiger partial charge is 0.222 e. The molecule has 3 heteroatoms. The Kier molecular flexibility index (Phi) is 3.53. The molecule has 1 aliphatic rings.